The molecule has 12 aromatic rings. The number of hydrogen-bond acceptors (Lipinski definition) is 35. The molecule has 3 saturated heterocycles. The number of nitro benzene ring substituents is 6. The second kappa shape index (κ2) is 54.3. The van der Waals surface area contributed by atoms with Gasteiger partial charge < -0.3 is 87.2 Å². The number of phenols is 2. The molecule has 48 heteroatoms. The molecule has 3 aliphatic rings. The first-order valence-corrected chi connectivity index (χ1v) is 41.6. The summed E-state index contributed by atoms with van der Waals surface area (Å²) < 4.78 is 42.0. The van der Waals surface area contributed by atoms with E-state index in [1.807, 2.05) is 18.2 Å². The molecule has 0 saturated carbocycles. The molecule has 3 fully saturated rings. The van der Waals surface area contributed by atoms with E-state index in [9.17, 15) is 94.6 Å². The SMILES string of the molecule is C.C.C.CCOC(=O)C(Br)C(=O)OCC.CCOC(=O)c1cc2cc([N+](=O)[O-])cc(Br)c2o1.CN1CCN(c2cc(N)cc3ccoc23)CC1.CN1CCN(c2cc([N+](=O)[O-])cc3ccoc23)CC1.CN1CCNCC1.O=C(O)c1cc2cc([N+](=O)[O-])cc(Br)c2o1.O=Cc1cc([N+](=O)[O-])cc(Br)c1O.O=Cc1cc([N+](=O)[O-])ccc1O.O=[N+]([O-])c1cc(Br)c2occc2c1.[Cu]. The Morgan fingerprint density at radius 1 is 0.450 bits per heavy atom. The number of aldehydes is 2. The van der Waals surface area contributed by atoms with E-state index in [4.69, 9.17) is 42.8 Å². The Kier molecular flexibility index (Phi) is 46.8. The number of piperazine rings is 3. The van der Waals surface area contributed by atoms with Crippen molar-refractivity contribution < 1.29 is 127 Å². The number of carboxylic acid groups (broad SMARTS) is 1. The molecule has 0 bridgehead atoms. The van der Waals surface area contributed by atoms with E-state index in [0.29, 0.717) is 47.9 Å². The summed E-state index contributed by atoms with van der Waals surface area (Å²) in [6, 6.07) is 28.7. The second-order valence-electron chi connectivity index (χ2n) is 26.8. The predicted molar refractivity (Wildman–Crippen MR) is 502 cm³/mol. The van der Waals surface area contributed by atoms with Gasteiger partial charge in [0.05, 0.1) is 109 Å². The number of rotatable bonds is 17. The fourth-order valence-electron chi connectivity index (χ4n) is 11.6. The zero-order valence-corrected chi connectivity index (χ0v) is 77.1. The van der Waals surface area contributed by atoms with Gasteiger partial charge in [0.2, 0.25) is 16.3 Å². The van der Waals surface area contributed by atoms with Crippen LogP contribution in [0.5, 0.6) is 11.5 Å². The Hall–Kier alpha value is -12.4. The first-order valence-electron chi connectivity index (χ1n) is 37.5. The molecule has 6 N–H and O–H groups in total. The number of carbonyl (C=O) groups is 6. The maximum Gasteiger partial charge on any atom is 0.374 e. The number of esters is 3. The van der Waals surface area contributed by atoms with E-state index in [1.165, 1.54) is 67.9 Å². The molecule has 15 rings (SSSR count). The van der Waals surface area contributed by atoms with Crippen LogP contribution in [0.3, 0.4) is 0 Å². The third kappa shape index (κ3) is 32.6. The number of carboxylic acids is 1. The Morgan fingerprint density at radius 2 is 0.802 bits per heavy atom. The standard InChI is InChI=1S/C13H15N3O3.C13H17N3O.C11H8BrNO5.C9H4BrNO5.C8H4BrNO3.C7H4BrNO4.C7H11BrO4.C7H5NO4.C5H12N2.3CH4.Cu/c1-14-3-5-15(6-4-14)12-9-11(16(17)18)8-10-2-7-19-13(10)12;1-15-3-5-16(6-4-15)12-9-11(14)8-10-2-7-17-13(10)12;1-2-17-11(14)9-4-6-3-7(13(15)16)5-8(12)10(6)18-9;10-6-3-5(11(14)15)1-4-2-7(9(12)13)16-8(4)6;9-7-4-6(10(11)12)3-5-1-2-13-8(5)7;8-6-2-5(9(12)13)1-4(3-10)7(6)11;1-3-11-6(9)5(8)7(10)12-4-2;9-4-5-3-6(8(11)12)1-2-7(5)10;1-7-4-2-6-3-5-7;;;;/h2,7-9H,3-6H2,1H3;2,7-9H,3-6,14H2,1H3;3-5H,2H2,1H3;1-3H,(H,12,13);1-4H;1-3,11H;5H,3-4H2,1-2H3;1-4,10H;6H,2-5H2,1H3;3*1H4;. The van der Waals surface area contributed by atoms with Crippen molar-refractivity contribution in [1.82, 2.24) is 20.0 Å². The molecular weight excluding hydrogens is 2110 g/mol. The van der Waals surface area contributed by atoms with Crippen molar-refractivity contribution in [3.05, 3.63) is 241 Å². The maximum atomic E-state index is 11.5. The van der Waals surface area contributed by atoms with Gasteiger partial charge in [0.25, 0.3) is 34.1 Å². The average molecular weight is 2200 g/mol. The molecule has 42 nitrogen and oxygen atoms in total. The number of phenolic OH excluding ortho intramolecular Hbond substituents is 2. The number of aromatic carboxylic acids is 1. The number of aromatic hydroxyl groups is 2. The van der Waals surface area contributed by atoms with Crippen LogP contribution >= 0.6 is 79.6 Å². The minimum Gasteiger partial charge on any atom is -0.507 e. The van der Waals surface area contributed by atoms with Crippen LogP contribution < -0.4 is 20.9 Å². The summed E-state index contributed by atoms with van der Waals surface area (Å²) in [6.45, 7) is 18.3. The number of anilines is 3. The number of halogens is 5. The third-order valence-corrected chi connectivity index (χ3v) is 21.1. The number of benzene rings is 7. The molecule has 7 aromatic carbocycles. The minimum absolute atomic E-state index is 0. The first-order chi connectivity index (χ1) is 60.3. The first kappa shape index (κ1) is 113. The van der Waals surface area contributed by atoms with Crippen LogP contribution in [0.2, 0.25) is 0 Å². The maximum absolute atomic E-state index is 11.5. The van der Waals surface area contributed by atoms with Gasteiger partial charge in [0.15, 0.2) is 23.7 Å². The summed E-state index contributed by atoms with van der Waals surface area (Å²) in [7, 11) is 6.38. The van der Waals surface area contributed by atoms with Crippen molar-refractivity contribution in [1.29, 1.82) is 0 Å². The summed E-state index contributed by atoms with van der Waals surface area (Å²) in [5.41, 5.74) is 11.0. The number of nitrogens with zero attached hydrogens (tertiary/aromatic N) is 11. The van der Waals surface area contributed by atoms with E-state index in [1.54, 1.807) is 57.6 Å². The Balaban J connectivity index is 0.000000382. The Morgan fingerprint density at radius 3 is 1.21 bits per heavy atom. The van der Waals surface area contributed by atoms with E-state index in [2.05, 4.69) is 140 Å². The van der Waals surface area contributed by atoms with Gasteiger partial charge in [-0.05, 0) is 154 Å². The number of non-ortho nitro benzene ring substituents is 6. The van der Waals surface area contributed by atoms with Crippen molar-refractivity contribution in [2.45, 2.75) is 47.9 Å². The molecule has 0 aliphatic carbocycles. The number of alkyl halides is 1. The van der Waals surface area contributed by atoms with E-state index < -0.39 is 53.3 Å². The topological polar surface area (TPSA) is 570 Å². The van der Waals surface area contributed by atoms with Gasteiger partial charge in [-0.25, -0.2) is 9.59 Å². The van der Waals surface area contributed by atoms with Crippen LogP contribution in [0.25, 0.3) is 54.8 Å². The van der Waals surface area contributed by atoms with Gasteiger partial charge >= 0.3 is 23.9 Å². The molecule has 5 aromatic heterocycles. The summed E-state index contributed by atoms with van der Waals surface area (Å²) in [5.74, 6) is -3.82. The van der Waals surface area contributed by atoms with Crippen molar-refractivity contribution >= 4 is 222 Å². The van der Waals surface area contributed by atoms with E-state index >= 15 is 0 Å². The van der Waals surface area contributed by atoms with Crippen LogP contribution in [-0.4, -0.2) is 220 Å². The number of nitrogens with two attached hydrogens (primary N) is 1. The second-order valence-corrected chi connectivity index (χ2v) is 31.1. The van der Waals surface area contributed by atoms with Gasteiger partial charge in [0.1, 0.15) is 28.2 Å². The minimum atomic E-state index is -1.22. The fourth-order valence-corrected chi connectivity index (χ4v) is 14.0. The number of furan rings is 5. The van der Waals surface area contributed by atoms with Crippen LogP contribution in [0.4, 0.5) is 51.2 Å². The largest absolute Gasteiger partial charge is 0.507 e. The fraction of sp³-hybridized carbons (Fsp3) is 0.301. The van der Waals surface area contributed by atoms with Gasteiger partial charge in [-0.2, -0.15) is 0 Å². The molecule has 709 valence electrons. The number of fused-ring (bicyclic) bond motifs is 5. The number of hydrogen-bond donors (Lipinski definition) is 5. The zero-order chi connectivity index (χ0) is 93.6. The van der Waals surface area contributed by atoms with E-state index in [-0.39, 0.29) is 142 Å². The molecular formula is C83H92Br5CuN13O29. The Labute approximate surface area is 799 Å². The quantitative estimate of drug-likeness (QED) is 0.00650. The average Bonchev–Trinajstić information content (AvgIpc) is 1.74. The predicted octanol–water partition coefficient (Wildman–Crippen LogP) is 18.3. The Bertz CT molecular complexity index is 5950. The molecule has 8 heterocycles. The van der Waals surface area contributed by atoms with Crippen LogP contribution in [0, 0.1) is 60.7 Å². The van der Waals surface area contributed by atoms with Crippen molar-refractivity contribution in [2.24, 2.45) is 0 Å². The number of nitro groups is 6. The molecule has 131 heavy (non-hydrogen) atoms. The molecule has 0 atom stereocenters. The molecule has 0 spiro atoms. The summed E-state index contributed by atoms with van der Waals surface area (Å²) in [6.07, 6.45) is 5.52. The van der Waals surface area contributed by atoms with Gasteiger partial charge in [-0.15, -0.1) is 0 Å². The number of likely N-dealkylation sites (N-methyl/N-ethyl adjacent to an activating group) is 3. The normalized spacial score (nSPS) is 12.6. The zero-order valence-electron chi connectivity index (χ0n) is 68.3. The number of carbonyl (C=O) groups excluding carboxylic acids is 5. The molecule has 3 aliphatic heterocycles. The monoisotopic (exact) mass is 2190 g/mol. The van der Waals surface area contributed by atoms with Crippen LogP contribution in [-0.2, 0) is 40.9 Å². The summed E-state index contributed by atoms with van der Waals surface area (Å²) in [5, 5.41) is 96.8. The van der Waals surface area contributed by atoms with Gasteiger partial charge in [0, 0.05) is 201 Å². The van der Waals surface area contributed by atoms with Crippen molar-refractivity contribution in [3.63, 3.8) is 0 Å². The number of nitrogen functional groups attached to an aromatic ring is 1. The molecule has 1 radical (unpaired) electrons. The summed E-state index contributed by atoms with van der Waals surface area (Å²) in [4.78, 5) is 135. The van der Waals surface area contributed by atoms with Crippen LogP contribution in [0.15, 0.2) is 180 Å². The van der Waals surface area contributed by atoms with Crippen molar-refractivity contribution in [3.8, 4) is 11.5 Å². The van der Waals surface area contributed by atoms with Crippen LogP contribution in [0.1, 0.15) is 84.9 Å². The van der Waals surface area contributed by atoms with Crippen molar-refractivity contribution in [2.75, 3.05) is 135 Å². The summed E-state index contributed by atoms with van der Waals surface area (Å²) >= 11 is 15.2. The number of nitrogens with one attached hydrogen (secondary N) is 1. The van der Waals surface area contributed by atoms with Gasteiger partial charge in [-0.3, -0.25) is 79.9 Å². The van der Waals surface area contributed by atoms with E-state index in [0.717, 1.165) is 140 Å². The number of ether oxygens (including phenoxy) is 3. The molecule has 0 amide bonds. The van der Waals surface area contributed by atoms with Gasteiger partial charge in [-0.1, -0.05) is 38.2 Å². The smallest absolute Gasteiger partial charge is 0.374 e. The third-order valence-electron chi connectivity index (χ3n) is 18.0. The molecule has 0 unspecified atom stereocenters.